The number of aliphatic hydroxyl groups excluding tert-OH is 1. The Bertz CT molecular complexity index is 620. The molecule has 0 saturated heterocycles. The van der Waals surface area contributed by atoms with Crippen molar-refractivity contribution in [2.75, 3.05) is 19.6 Å². The summed E-state index contributed by atoms with van der Waals surface area (Å²) in [4.78, 5) is 4.70. The van der Waals surface area contributed by atoms with Gasteiger partial charge >= 0.3 is 6.61 Å². The summed E-state index contributed by atoms with van der Waals surface area (Å²) in [5, 5.41) is 16.7. The van der Waals surface area contributed by atoms with E-state index in [-0.39, 0.29) is 36.3 Å². The Morgan fingerprint density at radius 3 is 2.44 bits per heavy atom. The van der Waals surface area contributed by atoms with Crippen LogP contribution in [0.3, 0.4) is 0 Å². The minimum Gasteiger partial charge on any atom is -0.435 e. The fourth-order valence-corrected chi connectivity index (χ4v) is 3.31. The number of aliphatic imine (C=N–C) groups is 1. The average molecular weight is 495 g/mol. The van der Waals surface area contributed by atoms with E-state index in [4.69, 9.17) is 4.99 Å². The van der Waals surface area contributed by atoms with Gasteiger partial charge in [0.15, 0.2) is 5.96 Å². The third kappa shape index (κ3) is 6.44. The van der Waals surface area contributed by atoms with Gasteiger partial charge in [0.2, 0.25) is 0 Å². The van der Waals surface area contributed by atoms with Crippen LogP contribution in [0.5, 0.6) is 5.75 Å². The highest BCUT2D eigenvalue weighted by molar-refractivity contribution is 14.0. The van der Waals surface area contributed by atoms with E-state index in [1.165, 1.54) is 37.8 Å². The molecule has 2 aliphatic carbocycles. The molecule has 3 N–H and O–H groups in total. The lowest BCUT2D eigenvalue weighted by molar-refractivity contribution is -0.0498. The molecular weight excluding hydrogens is 467 g/mol. The van der Waals surface area contributed by atoms with Crippen LogP contribution in [0.1, 0.15) is 44.3 Å². The maximum absolute atomic E-state index is 12.2. The molecule has 3 rings (SSSR count). The molecule has 0 aliphatic heterocycles. The zero-order valence-electron chi connectivity index (χ0n) is 15.5. The van der Waals surface area contributed by atoms with Crippen molar-refractivity contribution in [3.63, 3.8) is 0 Å². The molecule has 2 saturated carbocycles. The first kappa shape index (κ1) is 22.1. The second-order valence-corrected chi connectivity index (χ2v) is 7.18. The zero-order valence-corrected chi connectivity index (χ0v) is 17.8. The lowest BCUT2D eigenvalue weighted by Gasteiger charge is -2.17. The smallest absolute Gasteiger partial charge is 0.387 e. The van der Waals surface area contributed by atoms with Crippen LogP contribution in [-0.4, -0.2) is 37.3 Å². The van der Waals surface area contributed by atoms with Crippen molar-refractivity contribution in [2.45, 2.75) is 45.3 Å². The zero-order chi connectivity index (χ0) is 18.6. The number of hydrogen-bond acceptors (Lipinski definition) is 3. The van der Waals surface area contributed by atoms with Crippen LogP contribution in [0.4, 0.5) is 8.78 Å². The lowest BCUT2D eigenvalue weighted by atomic mass is 10.0. The highest BCUT2D eigenvalue weighted by Crippen LogP contribution is 2.61. The molecule has 27 heavy (non-hydrogen) atoms. The second kappa shape index (κ2) is 9.86. The summed E-state index contributed by atoms with van der Waals surface area (Å²) in [6, 6.07) is 6.02. The van der Waals surface area contributed by atoms with Crippen LogP contribution < -0.4 is 15.4 Å². The predicted octanol–water partition coefficient (Wildman–Crippen LogP) is 3.68. The number of alkyl halides is 2. The Labute approximate surface area is 176 Å². The molecule has 0 bridgehead atoms. The van der Waals surface area contributed by atoms with Crippen LogP contribution in [0.2, 0.25) is 0 Å². The van der Waals surface area contributed by atoms with Gasteiger partial charge in [0.05, 0.1) is 6.10 Å². The van der Waals surface area contributed by atoms with Gasteiger partial charge in [-0.15, -0.1) is 24.0 Å². The molecule has 1 atom stereocenters. The Balaban J connectivity index is 0.00000261. The van der Waals surface area contributed by atoms with Gasteiger partial charge in [0, 0.05) is 19.6 Å². The second-order valence-electron chi connectivity index (χ2n) is 7.18. The lowest BCUT2D eigenvalue weighted by Crippen LogP contribution is -2.39. The molecule has 2 aliphatic rings. The first-order valence-electron chi connectivity index (χ1n) is 9.27. The van der Waals surface area contributed by atoms with Crippen LogP contribution >= 0.6 is 24.0 Å². The summed E-state index contributed by atoms with van der Waals surface area (Å²) in [5.74, 6) is 1.64. The van der Waals surface area contributed by atoms with E-state index in [0.29, 0.717) is 16.9 Å². The molecule has 0 aromatic heterocycles. The number of guanidine groups is 1. The van der Waals surface area contributed by atoms with E-state index in [9.17, 15) is 13.9 Å². The molecule has 8 heteroatoms. The number of halogens is 3. The van der Waals surface area contributed by atoms with Crippen molar-refractivity contribution in [2.24, 2.45) is 16.3 Å². The van der Waals surface area contributed by atoms with Crippen LogP contribution in [0.25, 0.3) is 0 Å². The first-order valence-corrected chi connectivity index (χ1v) is 9.27. The van der Waals surface area contributed by atoms with Crippen molar-refractivity contribution in [3.05, 3.63) is 29.8 Å². The summed E-state index contributed by atoms with van der Waals surface area (Å²) in [7, 11) is 0. The maximum atomic E-state index is 12.2. The highest BCUT2D eigenvalue weighted by atomic mass is 127. The van der Waals surface area contributed by atoms with Gasteiger partial charge in [0.1, 0.15) is 5.75 Å². The summed E-state index contributed by atoms with van der Waals surface area (Å²) in [6.07, 6.45) is 4.46. The van der Waals surface area contributed by atoms with E-state index in [1.54, 1.807) is 12.1 Å². The van der Waals surface area contributed by atoms with Gasteiger partial charge in [-0.05, 0) is 61.6 Å². The van der Waals surface area contributed by atoms with E-state index in [1.807, 2.05) is 6.92 Å². The van der Waals surface area contributed by atoms with Gasteiger partial charge in [0.25, 0.3) is 0 Å². The number of nitrogens with zero attached hydrogens (tertiary/aromatic N) is 1. The molecular formula is C19H28F2IN3O2. The Hall–Kier alpha value is -1.16. The van der Waals surface area contributed by atoms with Crippen molar-refractivity contribution in [1.82, 2.24) is 10.6 Å². The van der Waals surface area contributed by atoms with Crippen molar-refractivity contribution in [1.29, 1.82) is 0 Å². The summed E-state index contributed by atoms with van der Waals surface area (Å²) in [5.41, 5.74) is 1.06. The number of hydrogen-bond donors (Lipinski definition) is 3. The highest BCUT2D eigenvalue weighted by Gasteiger charge is 2.53. The van der Waals surface area contributed by atoms with Crippen molar-refractivity contribution in [3.8, 4) is 5.75 Å². The third-order valence-electron chi connectivity index (χ3n) is 5.18. The van der Waals surface area contributed by atoms with E-state index >= 15 is 0 Å². The van der Waals surface area contributed by atoms with Crippen LogP contribution in [0.15, 0.2) is 29.3 Å². The summed E-state index contributed by atoms with van der Waals surface area (Å²) >= 11 is 0. The van der Waals surface area contributed by atoms with Gasteiger partial charge in [-0.2, -0.15) is 8.78 Å². The Morgan fingerprint density at radius 1 is 1.26 bits per heavy atom. The largest absolute Gasteiger partial charge is 0.435 e. The minimum atomic E-state index is -2.85. The number of aliphatic hydroxyl groups is 1. The number of ether oxygens (including phenoxy) is 1. The topological polar surface area (TPSA) is 65.9 Å². The van der Waals surface area contributed by atoms with Gasteiger partial charge in [-0.1, -0.05) is 12.1 Å². The van der Waals surface area contributed by atoms with Crippen molar-refractivity contribution >= 4 is 29.9 Å². The fourth-order valence-electron chi connectivity index (χ4n) is 3.31. The Kier molecular flexibility index (Phi) is 8.08. The average Bonchev–Trinajstić information content (AvgIpc) is 3.50. The fraction of sp³-hybridized carbons (Fsp3) is 0.632. The van der Waals surface area contributed by atoms with Gasteiger partial charge in [-0.25, -0.2) is 0 Å². The maximum Gasteiger partial charge on any atom is 0.387 e. The van der Waals surface area contributed by atoms with Crippen LogP contribution in [-0.2, 0) is 0 Å². The molecule has 1 unspecified atom stereocenters. The quantitative estimate of drug-likeness (QED) is 0.278. The number of nitrogens with one attached hydrogen (secondary N) is 2. The summed E-state index contributed by atoms with van der Waals surface area (Å²) < 4.78 is 28.7. The standard InChI is InChI=1S/C19H27F2N3O2.HI/c1-2-22-18(24-12-19(9-10-19)14-5-6-14)23-11-16(25)13-3-7-15(8-4-13)26-17(20)21;/h3-4,7-8,14,16-17,25H,2,5-6,9-12H2,1H3,(H2,22,23,24);1H. The van der Waals surface area contributed by atoms with E-state index < -0.39 is 12.7 Å². The molecule has 0 radical (unpaired) electrons. The predicted molar refractivity (Wildman–Crippen MR) is 112 cm³/mol. The van der Waals surface area contributed by atoms with E-state index in [0.717, 1.165) is 19.0 Å². The number of rotatable bonds is 9. The van der Waals surface area contributed by atoms with Crippen molar-refractivity contribution < 1.29 is 18.6 Å². The monoisotopic (exact) mass is 495 g/mol. The Morgan fingerprint density at radius 2 is 1.93 bits per heavy atom. The molecule has 5 nitrogen and oxygen atoms in total. The molecule has 0 spiro atoms. The molecule has 0 heterocycles. The van der Waals surface area contributed by atoms with E-state index in [2.05, 4.69) is 15.4 Å². The first-order chi connectivity index (χ1) is 12.5. The molecule has 0 amide bonds. The molecule has 1 aromatic rings. The minimum absolute atomic E-state index is 0. The molecule has 1 aromatic carbocycles. The van der Waals surface area contributed by atoms with Crippen LogP contribution in [0, 0.1) is 11.3 Å². The normalized spacial score (nSPS) is 19.2. The molecule has 2 fully saturated rings. The number of benzene rings is 1. The van der Waals surface area contributed by atoms with Gasteiger partial charge < -0.3 is 20.5 Å². The van der Waals surface area contributed by atoms with Gasteiger partial charge in [-0.3, -0.25) is 4.99 Å². The third-order valence-corrected chi connectivity index (χ3v) is 5.18. The molecule has 152 valence electrons. The SMILES string of the molecule is CCNC(=NCC1(C2CC2)CC1)NCC(O)c1ccc(OC(F)F)cc1.I. The summed E-state index contributed by atoms with van der Waals surface area (Å²) in [6.45, 7) is 1.03.